The normalized spacial score (nSPS) is 10.9. The second kappa shape index (κ2) is 10.6. The molecular formula is C16H27N5O4. The van der Waals surface area contributed by atoms with Crippen LogP contribution in [0.4, 0.5) is 5.82 Å². The van der Waals surface area contributed by atoms with Crippen LogP contribution in [0.5, 0.6) is 11.6 Å². The van der Waals surface area contributed by atoms with Gasteiger partial charge in [-0.3, -0.25) is 0 Å². The zero-order chi connectivity index (χ0) is 18.8. The van der Waals surface area contributed by atoms with E-state index in [0.717, 1.165) is 5.17 Å². The second-order valence-corrected chi connectivity index (χ2v) is 6.81. The molecule has 0 unspecified atom stereocenters. The summed E-state index contributed by atoms with van der Waals surface area (Å²) in [6.45, 7) is 13.1. The van der Waals surface area contributed by atoms with Gasteiger partial charge < -0.3 is 9.47 Å². The minimum absolute atomic E-state index is 0.0957. The van der Waals surface area contributed by atoms with Gasteiger partial charge in [-0.1, -0.05) is 51.7 Å². The van der Waals surface area contributed by atoms with Gasteiger partial charge in [0.1, 0.15) is 0 Å². The summed E-state index contributed by atoms with van der Waals surface area (Å²) >= 11 is 0. The molecule has 0 saturated carbocycles. The van der Waals surface area contributed by atoms with Gasteiger partial charge in [-0.15, -0.1) is 10.3 Å². The minimum atomic E-state index is 0.0957. The molecule has 0 aromatic carbocycles. The molecule has 25 heavy (non-hydrogen) atoms. The number of isocyanates is 1. The van der Waals surface area contributed by atoms with E-state index < -0.39 is 0 Å². The highest BCUT2D eigenvalue weighted by molar-refractivity contribution is 5.55. The molecule has 9 nitrogen and oxygen atoms in total. The van der Waals surface area contributed by atoms with E-state index in [2.05, 4.69) is 20.5 Å². The second-order valence-electron chi connectivity index (χ2n) is 6.81. The van der Waals surface area contributed by atoms with Crippen LogP contribution in [0.25, 0.3) is 0 Å². The summed E-state index contributed by atoms with van der Waals surface area (Å²) in [6, 6.07) is 0. The molecule has 0 amide bonds. The van der Waals surface area contributed by atoms with E-state index in [1.165, 1.54) is 6.08 Å². The molecule has 1 heterocycles. The van der Waals surface area contributed by atoms with Crippen molar-refractivity contribution in [1.82, 2.24) is 15.4 Å². The van der Waals surface area contributed by atoms with Crippen LogP contribution in [-0.2, 0) is 9.63 Å². The zero-order valence-corrected chi connectivity index (χ0v) is 15.7. The van der Waals surface area contributed by atoms with Crippen LogP contribution in [0.2, 0.25) is 0 Å². The van der Waals surface area contributed by atoms with Crippen molar-refractivity contribution in [3.8, 4) is 11.6 Å². The molecule has 0 spiro atoms. The van der Waals surface area contributed by atoms with Crippen LogP contribution in [0.15, 0.2) is 5.10 Å². The van der Waals surface area contributed by atoms with E-state index in [0.29, 0.717) is 19.8 Å². The third kappa shape index (κ3) is 7.45. The highest BCUT2D eigenvalue weighted by atomic mass is 16.7. The lowest BCUT2D eigenvalue weighted by Gasteiger charge is -2.20. The van der Waals surface area contributed by atoms with Gasteiger partial charge in [0.15, 0.2) is 0 Å². The maximum Gasteiger partial charge on any atom is 0.282 e. The first-order chi connectivity index (χ1) is 11.8. The molecule has 1 rings (SSSR count). The Balaban J connectivity index is 3.19. The van der Waals surface area contributed by atoms with Crippen molar-refractivity contribution in [1.29, 1.82) is 0 Å². The van der Waals surface area contributed by atoms with Crippen LogP contribution < -0.4 is 14.6 Å². The van der Waals surface area contributed by atoms with E-state index >= 15 is 0 Å². The predicted molar refractivity (Wildman–Crippen MR) is 91.9 cm³/mol. The van der Waals surface area contributed by atoms with E-state index in [4.69, 9.17) is 14.3 Å². The molecule has 0 aliphatic heterocycles. The molecule has 0 fully saturated rings. The molecule has 0 aliphatic carbocycles. The standard InChI is InChI=1S/C16H27N5O4/c1-11(2)7-23-14-15(21(17-10-22)25-9-13(5)6)18-20-19-16(14)24-8-12(3)4/h11-13H,7-9H2,1-6H3. The van der Waals surface area contributed by atoms with E-state index in [9.17, 15) is 4.79 Å². The van der Waals surface area contributed by atoms with Gasteiger partial charge in [0.25, 0.3) is 17.8 Å². The lowest BCUT2D eigenvalue weighted by Crippen LogP contribution is -2.23. The van der Waals surface area contributed by atoms with Crippen molar-refractivity contribution in [2.45, 2.75) is 41.5 Å². The molecule has 0 saturated heterocycles. The first-order valence-corrected chi connectivity index (χ1v) is 8.34. The fourth-order valence-corrected chi connectivity index (χ4v) is 1.53. The first-order valence-electron chi connectivity index (χ1n) is 8.34. The van der Waals surface area contributed by atoms with Crippen LogP contribution in [0.3, 0.4) is 0 Å². The maximum atomic E-state index is 10.8. The van der Waals surface area contributed by atoms with E-state index in [-0.39, 0.29) is 35.2 Å². The first kappa shape index (κ1) is 20.8. The van der Waals surface area contributed by atoms with Crippen molar-refractivity contribution in [2.24, 2.45) is 22.9 Å². The Bertz CT molecular complexity index is 574. The lowest BCUT2D eigenvalue weighted by atomic mass is 10.2. The van der Waals surface area contributed by atoms with Gasteiger partial charge in [-0.25, -0.2) is 9.63 Å². The summed E-state index contributed by atoms with van der Waals surface area (Å²) in [4.78, 5) is 16.3. The van der Waals surface area contributed by atoms with Gasteiger partial charge >= 0.3 is 0 Å². The maximum absolute atomic E-state index is 10.8. The third-order valence-electron chi connectivity index (χ3n) is 2.63. The Morgan fingerprint density at radius 1 is 0.960 bits per heavy atom. The van der Waals surface area contributed by atoms with Crippen molar-refractivity contribution in [3.05, 3.63) is 0 Å². The van der Waals surface area contributed by atoms with Crippen LogP contribution in [-0.4, -0.2) is 41.3 Å². The van der Waals surface area contributed by atoms with Gasteiger partial charge in [0.2, 0.25) is 5.75 Å². The Morgan fingerprint density at radius 3 is 2.12 bits per heavy atom. The number of ether oxygens (including phenoxy) is 2. The summed E-state index contributed by atoms with van der Waals surface area (Å²) < 4.78 is 11.5. The summed E-state index contributed by atoms with van der Waals surface area (Å²) in [5.74, 6) is 1.27. The molecule has 0 N–H and O–H groups in total. The lowest BCUT2D eigenvalue weighted by molar-refractivity contribution is 0.0828. The summed E-state index contributed by atoms with van der Waals surface area (Å²) in [5, 5.41) is 15.9. The SMILES string of the molecule is CC(C)COc1nnnc(N(N=C=O)OCC(C)C)c1OCC(C)C. The van der Waals surface area contributed by atoms with E-state index in [1.54, 1.807) is 0 Å². The average molecular weight is 353 g/mol. The molecule has 9 heteroatoms. The Hall–Kier alpha value is -2.25. The van der Waals surface area contributed by atoms with Crippen molar-refractivity contribution in [3.63, 3.8) is 0 Å². The molecule has 1 aromatic rings. The van der Waals surface area contributed by atoms with Crippen molar-refractivity contribution >= 4 is 11.9 Å². The largest absolute Gasteiger partial charge is 0.485 e. The number of hydrogen-bond donors (Lipinski definition) is 0. The fourth-order valence-electron chi connectivity index (χ4n) is 1.53. The summed E-state index contributed by atoms with van der Waals surface area (Å²) in [5.41, 5.74) is 0. The van der Waals surface area contributed by atoms with Gasteiger partial charge in [-0.05, 0) is 23.0 Å². The summed E-state index contributed by atoms with van der Waals surface area (Å²) in [7, 11) is 0. The monoisotopic (exact) mass is 353 g/mol. The van der Waals surface area contributed by atoms with E-state index in [1.807, 2.05) is 41.5 Å². The molecular weight excluding hydrogens is 326 g/mol. The topological polar surface area (TPSA) is 99.0 Å². The van der Waals surface area contributed by atoms with Crippen molar-refractivity contribution < 1.29 is 19.1 Å². The smallest absolute Gasteiger partial charge is 0.282 e. The highest BCUT2D eigenvalue weighted by Crippen LogP contribution is 2.34. The quantitative estimate of drug-likeness (QED) is 0.340. The number of hydrogen-bond acceptors (Lipinski definition) is 9. The fraction of sp³-hybridized carbons (Fsp3) is 0.750. The molecule has 0 bridgehead atoms. The molecule has 0 radical (unpaired) electrons. The Labute approximate surface area is 148 Å². The third-order valence-corrected chi connectivity index (χ3v) is 2.63. The van der Waals surface area contributed by atoms with Crippen LogP contribution in [0, 0.1) is 17.8 Å². The van der Waals surface area contributed by atoms with Crippen LogP contribution in [0.1, 0.15) is 41.5 Å². The molecule has 1 aromatic heterocycles. The Kier molecular flexibility index (Phi) is 8.80. The number of aromatic nitrogens is 3. The van der Waals surface area contributed by atoms with Gasteiger partial charge in [0.05, 0.1) is 19.8 Å². The van der Waals surface area contributed by atoms with Crippen molar-refractivity contribution in [2.75, 3.05) is 25.0 Å². The summed E-state index contributed by atoms with van der Waals surface area (Å²) in [6.07, 6.45) is 1.44. The molecule has 0 aliphatic rings. The number of anilines is 1. The molecule has 0 atom stereocenters. The predicted octanol–water partition coefficient (Wildman–Crippen LogP) is 2.59. The number of rotatable bonds is 11. The zero-order valence-electron chi connectivity index (χ0n) is 15.7. The van der Waals surface area contributed by atoms with Crippen LogP contribution >= 0.6 is 0 Å². The number of carbonyl (C=O) groups excluding carboxylic acids is 1. The van der Waals surface area contributed by atoms with Gasteiger partial charge in [0, 0.05) is 0 Å². The minimum Gasteiger partial charge on any atom is -0.485 e. The highest BCUT2D eigenvalue weighted by Gasteiger charge is 2.23. The molecule has 140 valence electrons. The number of nitrogens with zero attached hydrogens (tertiary/aromatic N) is 5. The Morgan fingerprint density at radius 2 is 1.56 bits per heavy atom. The average Bonchev–Trinajstić information content (AvgIpc) is 2.54. The van der Waals surface area contributed by atoms with Gasteiger partial charge in [-0.2, -0.15) is 0 Å². The number of hydrazone groups is 1.